The molecule has 7 heteroatoms. The number of likely N-dealkylation sites (N-methyl/N-ethyl adjacent to an activating group) is 1. The lowest BCUT2D eigenvalue weighted by atomic mass is 10.2. The number of rotatable bonds is 3. The predicted molar refractivity (Wildman–Crippen MR) is 72.8 cm³/mol. The van der Waals surface area contributed by atoms with Gasteiger partial charge in [-0.15, -0.1) is 0 Å². The van der Waals surface area contributed by atoms with Crippen molar-refractivity contribution in [2.45, 2.75) is 44.9 Å². The van der Waals surface area contributed by atoms with Crippen molar-refractivity contribution in [2.75, 3.05) is 27.2 Å². The number of hydrogen-bond acceptors (Lipinski definition) is 4. The molecular formula is C12H23N5O2. The third-order valence-corrected chi connectivity index (χ3v) is 2.81. The molecule has 0 saturated carbocycles. The monoisotopic (exact) mass is 269 g/mol. The molecule has 7 nitrogen and oxygen atoms in total. The first-order valence-electron chi connectivity index (χ1n) is 6.41. The van der Waals surface area contributed by atoms with Crippen LogP contribution >= 0.6 is 0 Å². The van der Waals surface area contributed by atoms with E-state index in [0.29, 0.717) is 13.0 Å². The van der Waals surface area contributed by atoms with E-state index in [1.807, 2.05) is 39.8 Å². The van der Waals surface area contributed by atoms with E-state index >= 15 is 0 Å². The van der Waals surface area contributed by atoms with Gasteiger partial charge >= 0.3 is 6.09 Å². The predicted octanol–water partition coefficient (Wildman–Crippen LogP) is 2.24. The molecule has 0 N–H and O–H groups in total. The quantitative estimate of drug-likeness (QED) is 0.447. The summed E-state index contributed by atoms with van der Waals surface area (Å²) in [4.78, 5) is 18.7. The van der Waals surface area contributed by atoms with E-state index in [0.717, 1.165) is 6.54 Å². The minimum absolute atomic E-state index is 0.0281. The van der Waals surface area contributed by atoms with E-state index in [2.05, 4.69) is 10.0 Å². The Kier molecular flexibility index (Phi) is 5.03. The van der Waals surface area contributed by atoms with Crippen LogP contribution in [0.5, 0.6) is 0 Å². The van der Waals surface area contributed by atoms with E-state index in [9.17, 15) is 4.79 Å². The van der Waals surface area contributed by atoms with Gasteiger partial charge in [0.2, 0.25) is 0 Å². The second-order valence-electron chi connectivity index (χ2n) is 6.14. The number of carbonyl (C=O) groups excluding carboxylic acids is 1. The molecule has 0 unspecified atom stereocenters. The first kappa shape index (κ1) is 15.6. The van der Waals surface area contributed by atoms with E-state index in [4.69, 9.17) is 10.3 Å². The Morgan fingerprint density at radius 2 is 2.16 bits per heavy atom. The van der Waals surface area contributed by atoms with Crippen LogP contribution in [0, 0.1) is 0 Å². The zero-order valence-corrected chi connectivity index (χ0v) is 12.3. The molecule has 1 aliphatic rings. The zero-order chi connectivity index (χ0) is 14.6. The molecule has 1 fully saturated rings. The molecule has 1 saturated heterocycles. The van der Waals surface area contributed by atoms with Gasteiger partial charge in [-0.3, -0.25) is 0 Å². The first-order valence-corrected chi connectivity index (χ1v) is 6.41. The molecule has 1 amide bonds. The lowest BCUT2D eigenvalue weighted by molar-refractivity contribution is 0.0207. The first-order chi connectivity index (χ1) is 8.73. The number of carbonyl (C=O) groups is 1. The summed E-state index contributed by atoms with van der Waals surface area (Å²) in [5.74, 6) is 0. The Bertz CT molecular complexity index is 371. The molecule has 1 rings (SSSR count). The van der Waals surface area contributed by atoms with E-state index < -0.39 is 5.60 Å². The zero-order valence-electron chi connectivity index (χ0n) is 12.3. The Balaban J connectivity index is 2.76. The molecule has 1 heterocycles. The molecule has 2 atom stereocenters. The molecular weight excluding hydrogens is 246 g/mol. The second-order valence-corrected chi connectivity index (χ2v) is 6.14. The van der Waals surface area contributed by atoms with Crippen molar-refractivity contribution in [3.8, 4) is 0 Å². The molecule has 0 aromatic carbocycles. The van der Waals surface area contributed by atoms with Crippen LogP contribution in [0.15, 0.2) is 5.11 Å². The fraction of sp³-hybridized carbons (Fsp3) is 0.917. The van der Waals surface area contributed by atoms with Crippen molar-refractivity contribution in [1.82, 2.24) is 9.80 Å². The maximum Gasteiger partial charge on any atom is 0.410 e. The molecule has 0 aromatic heterocycles. The molecule has 19 heavy (non-hydrogen) atoms. The largest absolute Gasteiger partial charge is 0.444 e. The normalized spacial score (nSPS) is 23.4. The van der Waals surface area contributed by atoms with Crippen molar-refractivity contribution >= 4 is 6.09 Å². The topological polar surface area (TPSA) is 81.5 Å². The van der Waals surface area contributed by atoms with E-state index in [1.165, 1.54) is 0 Å². The van der Waals surface area contributed by atoms with Crippen molar-refractivity contribution < 1.29 is 9.53 Å². The fourth-order valence-electron chi connectivity index (χ4n) is 2.19. The number of nitrogens with zero attached hydrogens (tertiary/aromatic N) is 5. The van der Waals surface area contributed by atoms with Crippen molar-refractivity contribution in [3.63, 3.8) is 0 Å². The molecule has 0 bridgehead atoms. The van der Waals surface area contributed by atoms with Gasteiger partial charge in [-0.05, 0) is 46.8 Å². The van der Waals surface area contributed by atoms with Gasteiger partial charge in [0, 0.05) is 24.0 Å². The second kappa shape index (κ2) is 6.12. The molecule has 0 radical (unpaired) electrons. The van der Waals surface area contributed by atoms with Gasteiger partial charge in [0.25, 0.3) is 0 Å². The Labute approximate surface area is 114 Å². The third-order valence-electron chi connectivity index (χ3n) is 2.81. The van der Waals surface area contributed by atoms with E-state index in [1.54, 1.807) is 4.90 Å². The summed E-state index contributed by atoms with van der Waals surface area (Å²) in [6.07, 6.45) is 0.344. The highest BCUT2D eigenvalue weighted by Crippen LogP contribution is 2.23. The van der Waals surface area contributed by atoms with Crippen LogP contribution in [0.25, 0.3) is 10.4 Å². The highest BCUT2D eigenvalue weighted by atomic mass is 16.6. The highest BCUT2D eigenvalue weighted by Gasteiger charge is 2.37. The van der Waals surface area contributed by atoms with Crippen LogP contribution in [0.3, 0.4) is 0 Å². The average Bonchev–Trinajstić information content (AvgIpc) is 2.58. The summed E-state index contributed by atoms with van der Waals surface area (Å²) < 4.78 is 5.39. The minimum Gasteiger partial charge on any atom is -0.444 e. The highest BCUT2D eigenvalue weighted by molar-refractivity contribution is 5.69. The third kappa shape index (κ3) is 4.96. The van der Waals surface area contributed by atoms with Gasteiger partial charge in [-0.25, -0.2) is 4.79 Å². The Morgan fingerprint density at radius 3 is 2.63 bits per heavy atom. The van der Waals surface area contributed by atoms with Gasteiger partial charge in [-0.2, -0.15) is 0 Å². The van der Waals surface area contributed by atoms with Gasteiger partial charge in [0.15, 0.2) is 0 Å². The molecule has 0 aromatic rings. The summed E-state index contributed by atoms with van der Waals surface area (Å²) in [6, 6.07) is -0.136. The van der Waals surface area contributed by atoms with Crippen molar-refractivity contribution in [1.29, 1.82) is 0 Å². The van der Waals surface area contributed by atoms with E-state index in [-0.39, 0.29) is 18.2 Å². The average molecular weight is 269 g/mol. The standard InChI is InChI=1S/C12H23N5O2/c1-12(2,3)19-11(18)17-7-9(14-15-13)6-10(17)8-16(4)5/h9-10H,6-8H2,1-5H3/t9-,10+/m1/s1. The summed E-state index contributed by atoms with van der Waals surface area (Å²) in [5.41, 5.74) is 8.00. The van der Waals surface area contributed by atoms with Crippen LogP contribution < -0.4 is 0 Å². The van der Waals surface area contributed by atoms with Gasteiger partial charge in [0.05, 0.1) is 6.04 Å². The van der Waals surface area contributed by atoms with Gasteiger partial charge < -0.3 is 14.5 Å². The Morgan fingerprint density at radius 1 is 1.53 bits per heavy atom. The van der Waals surface area contributed by atoms with Crippen LogP contribution in [0.4, 0.5) is 4.79 Å². The lowest BCUT2D eigenvalue weighted by Crippen LogP contribution is -2.43. The van der Waals surface area contributed by atoms with Gasteiger partial charge in [0.1, 0.15) is 5.60 Å². The maximum absolute atomic E-state index is 12.2. The molecule has 1 aliphatic heterocycles. The summed E-state index contributed by atoms with van der Waals surface area (Å²) >= 11 is 0. The SMILES string of the molecule is CN(C)C[C@@H]1C[C@@H](N=[N+]=[N-])CN1C(=O)OC(C)(C)C. The Hall–Kier alpha value is -1.46. The number of azide groups is 1. The maximum atomic E-state index is 12.2. The fourth-order valence-corrected chi connectivity index (χ4v) is 2.19. The van der Waals surface area contributed by atoms with Crippen molar-refractivity contribution in [2.24, 2.45) is 5.11 Å². The smallest absolute Gasteiger partial charge is 0.410 e. The number of likely N-dealkylation sites (tertiary alicyclic amines) is 1. The number of ether oxygens (including phenoxy) is 1. The van der Waals surface area contributed by atoms with Crippen LogP contribution in [-0.2, 0) is 4.74 Å². The molecule has 0 spiro atoms. The van der Waals surface area contributed by atoms with Crippen molar-refractivity contribution in [3.05, 3.63) is 10.4 Å². The summed E-state index contributed by atoms with van der Waals surface area (Å²) in [5, 5.41) is 3.72. The number of amides is 1. The lowest BCUT2D eigenvalue weighted by Gasteiger charge is -2.29. The molecule has 108 valence electrons. The summed E-state index contributed by atoms with van der Waals surface area (Å²) in [7, 11) is 3.91. The van der Waals surface area contributed by atoms with Gasteiger partial charge in [-0.1, -0.05) is 5.11 Å². The molecule has 0 aliphatic carbocycles. The number of hydrogen-bond donors (Lipinski definition) is 0. The minimum atomic E-state index is -0.518. The van der Waals surface area contributed by atoms with Crippen LogP contribution in [-0.4, -0.2) is 60.8 Å². The summed E-state index contributed by atoms with van der Waals surface area (Å²) in [6.45, 7) is 6.68. The van der Waals surface area contributed by atoms with Crippen LogP contribution in [0.1, 0.15) is 27.2 Å². The van der Waals surface area contributed by atoms with Crippen LogP contribution in [0.2, 0.25) is 0 Å².